The summed E-state index contributed by atoms with van der Waals surface area (Å²) < 4.78 is 39.8. The second-order valence-electron chi connectivity index (χ2n) is 6.71. The quantitative estimate of drug-likeness (QED) is 0.708. The SMILES string of the molecule is C[C@H]1CN(c2cnc(C(F)(F)F)nc2)C(=O)c2c(C(=O)Nc3cccnc3)ccn21. The molecule has 154 valence electrons. The number of carbonyl (C=O) groups is 2. The first-order chi connectivity index (χ1) is 14.3. The lowest BCUT2D eigenvalue weighted by atomic mass is 10.1. The van der Waals surface area contributed by atoms with Crippen molar-refractivity contribution < 1.29 is 22.8 Å². The number of aromatic nitrogens is 4. The van der Waals surface area contributed by atoms with Crippen molar-refractivity contribution in [2.75, 3.05) is 16.8 Å². The van der Waals surface area contributed by atoms with Crippen molar-refractivity contribution in [2.24, 2.45) is 0 Å². The Balaban J connectivity index is 1.65. The van der Waals surface area contributed by atoms with Crippen LogP contribution in [-0.2, 0) is 6.18 Å². The highest BCUT2D eigenvalue weighted by molar-refractivity contribution is 6.15. The molecule has 4 heterocycles. The number of pyridine rings is 1. The molecule has 11 heteroatoms. The van der Waals surface area contributed by atoms with Crippen LogP contribution >= 0.6 is 0 Å². The minimum atomic E-state index is -4.68. The maximum atomic E-state index is 13.1. The molecule has 0 aromatic carbocycles. The van der Waals surface area contributed by atoms with E-state index in [-0.39, 0.29) is 29.5 Å². The van der Waals surface area contributed by atoms with E-state index in [1.165, 1.54) is 17.2 Å². The van der Waals surface area contributed by atoms with Crippen molar-refractivity contribution in [3.8, 4) is 0 Å². The Morgan fingerprint density at radius 2 is 1.93 bits per heavy atom. The number of amides is 2. The fourth-order valence-corrected chi connectivity index (χ4v) is 3.25. The summed E-state index contributed by atoms with van der Waals surface area (Å²) in [7, 11) is 0. The molecule has 0 fully saturated rings. The van der Waals surface area contributed by atoms with E-state index >= 15 is 0 Å². The molecule has 0 saturated carbocycles. The topological polar surface area (TPSA) is 93.0 Å². The highest BCUT2D eigenvalue weighted by Crippen LogP contribution is 2.30. The van der Waals surface area contributed by atoms with Gasteiger partial charge in [0.1, 0.15) is 5.69 Å². The molecule has 8 nitrogen and oxygen atoms in total. The van der Waals surface area contributed by atoms with Crippen LogP contribution in [0.2, 0.25) is 0 Å². The monoisotopic (exact) mass is 416 g/mol. The highest BCUT2D eigenvalue weighted by atomic mass is 19.4. The molecule has 3 aromatic heterocycles. The molecule has 0 radical (unpaired) electrons. The lowest BCUT2D eigenvalue weighted by Gasteiger charge is -2.33. The van der Waals surface area contributed by atoms with Gasteiger partial charge in [0, 0.05) is 25.0 Å². The van der Waals surface area contributed by atoms with E-state index in [0.29, 0.717) is 5.69 Å². The minimum absolute atomic E-state index is 0.117. The van der Waals surface area contributed by atoms with E-state index < -0.39 is 23.8 Å². The maximum Gasteiger partial charge on any atom is 0.451 e. The van der Waals surface area contributed by atoms with Crippen molar-refractivity contribution in [1.29, 1.82) is 0 Å². The summed E-state index contributed by atoms with van der Waals surface area (Å²) in [6, 6.07) is 4.62. The van der Waals surface area contributed by atoms with Crippen LogP contribution in [0.1, 0.15) is 39.6 Å². The van der Waals surface area contributed by atoms with Gasteiger partial charge in [-0.3, -0.25) is 14.6 Å². The van der Waals surface area contributed by atoms with Gasteiger partial charge in [0.25, 0.3) is 11.8 Å². The van der Waals surface area contributed by atoms with Crippen LogP contribution in [-0.4, -0.2) is 37.9 Å². The fourth-order valence-electron chi connectivity index (χ4n) is 3.25. The Labute approximate surface area is 168 Å². The van der Waals surface area contributed by atoms with Crippen molar-refractivity contribution in [1.82, 2.24) is 19.5 Å². The number of hydrogen-bond donors (Lipinski definition) is 1. The van der Waals surface area contributed by atoms with Gasteiger partial charge in [0.2, 0.25) is 5.82 Å². The van der Waals surface area contributed by atoms with Gasteiger partial charge in [-0.05, 0) is 25.1 Å². The number of carbonyl (C=O) groups excluding carboxylic acids is 2. The van der Waals surface area contributed by atoms with Crippen LogP contribution in [0.4, 0.5) is 24.5 Å². The van der Waals surface area contributed by atoms with Gasteiger partial charge in [0.15, 0.2) is 0 Å². The van der Waals surface area contributed by atoms with Crippen molar-refractivity contribution in [3.05, 3.63) is 66.3 Å². The van der Waals surface area contributed by atoms with Gasteiger partial charge in [-0.25, -0.2) is 9.97 Å². The summed E-state index contributed by atoms with van der Waals surface area (Å²) in [4.78, 5) is 37.7. The zero-order valence-electron chi connectivity index (χ0n) is 15.6. The van der Waals surface area contributed by atoms with Crippen LogP contribution in [0.3, 0.4) is 0 Å². The Hall–Kier alpha value is -3.76. The molecule has 0 aliphatic carbocycles. The first-order valence-corrected chi connectivity index (χ1v) is 8.89. The van der Waals surface area contributed by atoms with E-state index in [9.17, 15) is 22.8 Å². The summed E-state index contributed by atoms with van der Waals surface area (Å²) in [5, 5.41) is 2.67. The number of hydrogen-bond acceptors (Lipinski definition) is 5. The van der Waals surface area contributed by atoms with Crippen molar-refractivity contribution >= 4 is 23.2 Å². The number of halogens is 3. The first-order valence-electron chi connectivity index (χ1n) is 8.89. The fraction of sp³-hybridized carbons (Fsp3) is 0.211. The summed E-state index contributed by atoms with van der Waals surface area (Å²) in [5.74, 6) is -2.32. The number of alkyl halides is 3. The molecule has 0 spiro atoms. The number of nitrogens with zero attached hydrogens (tertiary/aromatic N) is 5. The molecule has 1 N–H and O–H groups in total. The van der Waals surface area contributed by atoms with Crippen molar-refractivity contribution in [2.45, 2.75) is 19.1 Å². The molecule has 4 rings (SSSR count). The normalized spacial score (nSPS) is 16.3. The second-order valence-corrected chi connectivity index (χ2v) is 6.71. The highest BCUT2D eigenvalue weighted by Gasteiger charge is 2.37. The van der Waals surface area contributed by atoms with Gasteiger partial charge < -0.3 is 14.8 Å². The Morgan fingerprint density at radius 1 is 1.20 bits per heavy atom. The number of fused-ring (bicyclic) bond motifs is 1. The van der Waals surface area contributed by atoms with Crippen LogP contribution in [0.15, 0.2) is 49.2 Å². The summed E-state index contributed by atoms with van der Waals surface area (Å²) in [6.45, 7) is 2.02. The summed E-state index contributed by atoms with van der Waals surface area (Å²) in [6.07, 6.45) is 1.89. The summed E-state index contributed by atoms with van der Waals surface area (Å²) in [5.41, 5.74) is 0.862. The van der Waals surface area contributed by atoms with Crippen molar-refractivity contribution in [3.63, 3.8) is 0 Å². The number of anilines is 2. The van der Waals surface area contributed by atoms with Crippen LogP contribution in [0.25, 0.3) is 0 Å². The number of rotatable bonds is 3. The van der Waals surface area contributed by atoms with Gasteiger partial charge in [-0.1, -0.05) is 0 Å². The molecular weight excluding hydrogens is 401 g/mol. The third-order valence-corrected chi connectivity index (χ3v) is 4.65. The average Bonchev–Trinajstić information content (AvgIpc) is 3.17. The molecular formula is C19H15F3N6O2. The second kappa shape index (κ2) is 7.25. The molecule has 0 bridgehead atoms. The van der Waals surface area contributed by atoms with Gasteiger partial charge in [-0.15, -0.1) is 0 Å². The molecule has 30 heavy (non-hydrogen) atoms. The Kier molecular flexibility index (Phi) is 4.72. The van der Waals surface area contributed by atoms with Crippen LogP contribution < -0.4 is 10.2 Å². The average molecular weight is 416 g/mol. The third kappa shape index (κ3) is 3.49. The van der Waals surface area contributed by atoms with E-state index in [1.54, 1.807) is 29.1 Å². The lowest BCUT2D eigenvalue weighted by Crippen LogP contribution is -2.43. The lowest BCUT2D eigenvalue weighted by molar-refractivity contribution is -0.144. The van der Waals surface area contributed by atoms with Gasteiger partial charge in [0.05, 0.1) is 35.5 Å². The molecule has 1 atom stereocenters. The molecule has 2 amide bonds. The predicted molar refractivity (Wildman–Crippen MR) is 100 cm³/mol. The smallest absolute Gasteiger partial charge is 0.338 e. The number of nitrogens with one attached hydrogen (secondary N) is 1. The van der Waals surface area contributed by atoms with E-state index in [0.717, 1.165) is 12.4 Å². The van der Waals surface area contributed by atoms with E-state index in [1.807, 2.05) is 6.92 Å². The summed E-state index contributed by atoms with van der Waals surface area (Å²) >= 11 is 0. The Morgan fingerprint density at radius 3 is 2.57 bits per heavy atom. The molecule has 0 unspecified atom stereocenters. The van der Waals surface area contributed by atoms with E-state index in [2.05, 4.69) is 20.3 Å². The molecule has 1 aliphatic heterocycles. The minimum Gasteiger partial charge on any atom is -0.338 e. The van der Waals surface area contributed by atoms with Crippen LogP contribution in [0.5, 0.6) is 0 Å². The molecule has 3 aromatic rings. The van der Waals surface area contributed by atoms with Gasteiger partial charge >= 0.3 is 6.18 Å². The maximum absolute atomic E-state index is 13.1. The largest absolute Gasteiger partial charge is 0.451 e. The molecule has 1 aliphatic rings. The zero-order chi connectivity index (χ0) is 21.5. The standard InChI is InChI=1S/C19H15F3N6O2/c1-11-10-28(13-8-24-18(25-9-13)19(20,21)22)17(30)15-14(4-6-27(11)15)16(29)26-12-3-2-5-23-7-12/h2-9,11H,10H2,1H3,(H,26,29)/t11-/m0/s1. The molecule has 0 saturated heterocycles. The zero-order valence-corrected chi connectivity index (χ0v) is 15.6. The first kappa shape index (κ1) is 19.6. The Bertz CT molecular complexity index is 1100. The predicted octanol–water partition coefficient (Wildman–Crippen LogP) is 3.17. The van der Waals surface area contributed by atoms with Crippen LogP contribution in [0, 0.1) is 0 Å². The van der Waals surface area contributed by atoms with Gasteiger partial charge in [-0.2, -0.15) is 13.2 Å². The third-order valence-electron chi connectivity index (χ3n) is 4.65. The van der Waals surface area contributed by atoms with E-state index in [4.69, 9.17) is 0 Å².